The van der Waals surface area contributed by atoms with Crippen LogP contribution in [-0.4, -0.2) is 11.1 Å². The molecule has 0 atom stereocenters. The highest BCUT2D eigenvalue weighted by molar-refractivity contribution is 6.31. The van der Waals surface area contributed by atoms with Crippen molar-refractivity contribution >= 4 is 23.4 Å². The second-order valence-electron chi connectivity index (χ2n) is 3.30. The van der Waals surface area contributed by atoms with E-state index in [1.807, 2.05) is 0 Å². The van der Waals surface area contributed by atoms with E-state index in [4.69, 9.17) is 16.1 Å². The van der Waals surface area contributed by atoms with Gasteiger partial charge in [0, 0.05) is 16.7 Å². The second-order valence-corrected chi connectivity index (χ2v) is 3.73. The number of rotatable bonds is 2. The molecular weight excluding hydrogens is 228 g/mol. The van der Waals surface area contributed by atoms with Gasteiger partial charge in [-0.1, -0.05) is 22.8 Å². The first-order valence-electron chi connectivity index (χ1n) is 4.65. The van der Waals surface area contributed by atoms with Crippen LogP contribution in [0.5, 0.6) is 0 Å². The van der Waals surface area contributed by atoms with Crippen LogP contribution >= 0.6 is 11.6 Å². The zero-order valence-corrected chi connectivity index (χ0v) is 9.28. The molecule has 2 aromatic rings. The Kier molecular flexibility index (Phi) is 2.92. The Morgan fingerprint density at radius 3 is 2.88 bits per heavy atom. The molecule has 0 spiro atoms. The van der Waals surface area contributed by atoms with Crippen molar-refractivity contribution in [2.75, 3.05) is 5.32 Å². The van der Waals surface area contributed by atoms with Gasteiger partial charge in [-0.2, -0.15) is 0 Å². The molecule has 4 nitrogen and oxygen atoms in total. The molecule has 16 heavy (non-hydrogen) atoms. The summed E-state index contributed by atoms with van der Waals surface area (Å²) in [5, 5.41) is 6.76. The molecule has 0 fully saturated rings. The van der Waals surface area contributed by atoms with Crippen molar-refractivity contribution in [2.45, 2.75) is 6.92 Å². The van der Waals surface area contributed by atoms with Crippen LogP contribution in [-0.2, 0) is 0 Å². The molecule has 0 aliphatic heterocycles. The Bertz CT molecular complexity index is 522. The maximum absolute atomic E-state index is 11.7. The molecule has 0 radical (unpaired) electrons. The minimum absolute atomic E-state index is 0.279. The van der Waals surface area contributed by atoms with Gasteiger partial charge in [0.25, 0.3) is 5.91 Å². The Labute approximate surface area is 97.2 Å². The number of anilines is 1. The fourth-order valence-electron chi connectivity index (χ4n) is 1.24. The van der Waals surface area contributed by atoms with Crippen molar-refractivity contribution in [1.82, 2.24) is 5.16 Å². The lowest BCUT2D eigenvalue weighted by Gasteiger charge is -2.00. The van der Waals surface area contributed by atoms with E-state index in [9.17, 15) is 4.79 Å². The number of carbonyl (C=O) groups excluding carboxylic acids is 1. The lowest BCUT2D eigenvalue weighted by molar-refractivity contribution is 0.102. The highest BCUT2D eigenvalue weighted by atomic mass is 35.5. The highest BCUT2D eigenvalue weighted by Gasteiger charge is 2.09. The van der Waals surface area contributed by atoms with E-state index in [0.717, 1.165) is 0 Å². The van der Waals surface area contributed by atoms with Crippen LogP contribution in [0.1, 0.15) is 16.1 Å². The van der Waals surface area contributed by atoms with Gasteiger partial charge in [0.15, 0.2) is 0 Å². The summed E-state index contributed by atoms with van der Waals surface area (Å²) >= 11 is 5.78. The van der Waals surface area contributed by atoms with Crippen molar-refractivity contribution < 1.29 is 9.32 Å². The largest absolute Gasteiger partial charge is 0.338 e. The van der Waals surface area contributed by atoms with E-state index in [1.165, 1.54) is 0 Å². The zero-order chi connectivity index (χ0) is 11.5. The quantitative estimate of drug-likeness (QED) is 0.872. The number of benzene rings is 1. The number of halogens is 1. The van der Waals surface area contributed by atoms with Crippen molar-refractivity contribution in [3.05, 3.63) is 46.6 Å². The number of hydrogen-bond acceptors (Lipinski definition) is 3. The zero-order valence-electron chi connectivity index (χ0n) is 8.53. The van der Waals surface area contributed by atoms with Gasteiger partial charge >= 0.3 is 0 Å². The third-order valence-corrected chi connectivity index (χ3v) is 2.19. The Morgan fingerprint density at radius 2 is 2.25 bits per heavy atom. The second kappa shape index (κ2) is 4.37. The number of nitrogens with one attached hydrogen (secondary N) is 1. The van der Waals surface area contributed by atoms with E-state index >= 15 is 0 Å². The fraction of sp³-hybridized carbons (Fsp3) is 0.0909. The number of amides is 1. The summed E-state index contributed by atoms with van der Waals surface area (Å²) in [5.41, 5.74) is 1.18. The number of hydrogen-bond donors (Lipinski definition) is 1. The topological polar surface area (TPSA) is 55.1 Å². The Morgan fingerprint density at radius 1 is 1.44 bits per heavy atom. The van der Waals surface area contributed by atoms with Crippen LogP contribution in [0.3, 0.4) is 0 Å². The molecule has 1 N–H and O–H groups in total. The molecule has 5 heteroatoms. The summed E-state index contributed by atoms with van der Waals surface area (Å²) < 4.78 is 4.87. The fourth-order valence-corrected chi connectivity index (χ4v) is 1.43. The van der Waals surface area contributed by atoms with Crippen molar-refractivity contribution in [2.24, 2.45) is 0 Å². The van der Waals surface area contributed by atoms with Gasteiger partial charge in [-0.05, 0) is 25.1 Å². The first-order chi connectivity index (χ1) is 7.65. The predicted molar refractivity (Wildman–Crippen MR) is 60.6 cm³/mol. The standard InChI is InChI=1S/C11H9ClN2O2/c1-7-5-10(16-14-7)13-11(15)8-3-2-4-9(12)6-8/h2-6H,1H3,(H,13,15). The van der Waals surface area contributed by atoms with Gasteiger partial charge in [0.05, 0.1) is 5.69 Å². The lowest BCUT2D eigenvalue weighted by atomic mass is 10.2. The Balaban J connectivity index is 2.14. The molecule has 0 aliphatic carbocycles. The van der Waals surface area contributed by atoms with E-state index in [0.29, 0.717) is 22.2 Å². The summed E-state index contributed by atoms with van der Waals surface area (Å²) in [4.78, 5) is 11.7. The minimum atomic E-state index is -0.279. The van der Waals surface area contributed by atoms with Crippen LogP contribution < -0.4 is 5.32 Å². The van der Waals surface area contributed by atoms with Crippen molar-refractivity contribution in [3.63, 3.8) is 0 Å². The SMILES string of the molecule is Cc1cc(NC(=O)c2cccc(Cl)c2)on1. The third kappa shape index (κ3) is 2.41. The molecule has 0 unspecified atom stereocenters. The number of aromatic nitrogens is 1. The average molecular weight is 237 g/mol. The van der Waals surface area contributed by atoms with Gasteiger partial charge in [0.1, 0.15) is 0 Å². The summed E-state index contributed by atoms with van der Waals surface area (Å²) in [7, 11) is 0. The van der Waals surface area contributed by atoms with E-state index in [2.05, 4.69) is 10.5 Å². The first-order valence-corrected chi connectivity index (χ1v) is 5.03. The number of nitrogens with zero attached hydrogens (tertiary/aromatic N) is 1. The summed E-state index contributed by atoms with van der Waals surface area (Å²) in [6.45, 7) is 1.78. The van der Waals surface area contributed by atoms with Gasteiger partial charge in [-0.15, -0.1) is 0 Å². The molecule has 0 saturated carbocycles. The number of carbonyl (C=O) groups is 1. The molecule has 1 aromatic carbocycles. The van der Waals surface area contributed by atoms with Crippen molar-refractivity contribution in [1.29, 1.82) is 0 Å². The average Bonchev–Trinajstić information content (AvgIpc) is 2.64. The molecular formula is C11H9ClN2O2. The Hall–Kier alpha value is -1.81. The van der Waals surface area contributed by atoms with Crippen LogP contribution in [0, 0.1) is 6.92 Å². The predicted octanol–water partition coefficient (Wildman–Crippen LogP) is 2.89. The molecule has 1 heterocycles. The monoisotopic (exact) mass is 236 g/mol. The van der Waals surface area contributed by atoms with Crippen LogP contribution in [0.15, 0.2) is 34.9 Å². The van der Waals surface area contributed by atoms with E-state index < -0.39 is 0 Å². The van der Waals surface area contributed by atoms with Crippen LogP contribution in [0.2, 0.25) is 5.02 Å². The summed E-state index contributed by atoms with van der Waals surface area (Å²) in [6, 6.07) is 8.31. The highest BCUT2D eigenvalue weighted by Crippen LogP contribution is 2.14. The minimum Gasteiger partial charge on any atom is -0.338 e. The molecule has 1 aromatic heterocycles. The van der Waals surface area contributed by atoms with Crippen LogP contribution in [0.4, 0.5) is 5.88 Å². The summed E-state index contributed by atoms with van der Waals surface area (Å²) in [5.74, 6) is 0.0427. The molecule has 0 bridgehead atoms. The lowest BCUT2D eigenvalue weighted by Crippen LogP contribution is -2.11. The normalized spacial score (nSPS) is 10.1. The molecule has 82 valence electrons. The van der Waals surface area contributed by atoms with Crippen molar-refractivity contribution in [3.8, 4) is 0 Å². The first kappa shape index (κ1) is 10.7. The number of aryl methyl sites for hydroxylation is 1. The molecule has 0 saturated heterocycles. The maximum atomic E-state index is 11.7. The smallest absolute Gasteiger partial charge is 0.258 e. The van der Waals surface area contributed by atoms with Gasteiger partial charge in [-0.3, -0.25) is 10.1 Å². The van der Waals surface area contributed by atoms with Crippen LogP contribution in [0.25, 0.3) is 0 Å². The molecule has 1 amide bonds. The molecule has 2 rings (SSSR count). The third-order valence-electron chi connectivity index (χ3n) is 1.95. The van der Waals surface area contributed by atoms with Gasteiger partial charge in [0.2, 0.25) is 5.88 Å². The molecule has 0 aliphatic rings. The van der Waals surface area contributed by atoms with Gasteiger partial charge in [-0.25, -0.2) is 0 Å². The maximum Gasteiger partial charge on any atom is 0.258 e. The van der Waals surface area contributed by atoms with Gasteiger partial charge < -0.3 is 4.52 Å². The van der Waals surface area contributed by atoms with E-state index in [1.54, 1.807) is 37.3 Å². The summed E-state index contributed by atoms with van der Waals surface area (Å²) in [6.07, 6.45) is 0. The van der Waals surface area contributed by atoms with E-state index in [-0.39, 0.29) is 5.91 Å².